The minimum absolute atomic E-state index is 0.0537. The van der Waals surface area contributed by atoms with Crippen LogP contribution < -0.4 is 0 Å². The zero-order chi connectivity index (χ0) is 11.4. The van der Waals surface area contributed by atoms with Gasteiger partial charge in [0, 0.05) is 26.8 Å². The van der Waals surface area contributed by atoms with Crippen molar-refractivity contribution in [2.24, 2.45) is 5.92 Å². The van der Waals surface area contributed by atoms with E-state index < -0.39 is 0 Å². The lowest BCUT2D eigenvalue weighted by Gasteiger charge is -2.31. The molecule has 1 aliphatic carbocycles. The summed E-state index contributed by atoms with van der Waals surface area (Å²) in [5, 5.41) is 0. The van der Waals surface area contributed by atoms with Gasteiger partial charge in [0.2, 0.25) is 0 Å². The Morgan fingerprint density at radius 2 is 1.75 bits per heavy atom. The zero-order valence-electron chi connectivity index (χ0n) is 10.7. The molecule has 2 fully saturated rings. The van der Waals surface area contributed by atoms with Gasteiger partial charge >= 0.3 is 0 Å². The summed E-state index contributed by atoms with van der Waals surface area (Å²) in [6.45, 7) is 2.17. The first-order chi connectivity index (χ1) is 7.85. The molecule has 2 aliphatic rings. The Morgan fingerprint density at radius 3 is 2.38 bits per heavy atom. The van der Waals surface area contributed by atoms with Crippen LogP contribution in [-0.4, -0.2) is 44.5 Å². The third-order valence-corrected chi connectivity index (χ3v) is 4.27. The second-order valence-electron chi connectivity index (χ2n) is 5.15. The van der Waals surface area contributed by atoms with Crippen LogP contribution in [0.5, 0.6) is 0 Å². The first-order valence-electron chi connectivity index (χ1n) is 6.64. The van der Waals surface area contributed by atoms with Crippen molar-refractivity contribution in [2.45, 2.75) is 50.9 Å². The molecule has 1 saturated heterocycles. The topological polar surface area (TPSA) is 21.7 Å². The highest BCUT2D eigenvalue weighted by molar-refractivity contribution is 4.87. The summed E-state index contributed by atoms with van der Waals surface area (Å²) in [7, 11) is 3.46. The summed E-state index contributed by atoms with van der Waals surface area (Å²) < 4.78 is 10.6. The standard InChI is InChI=1S/C13H25NO2/c1-15-13(16-2)10-14-9-5-8-12(14)11-6-3-4-7-11/h11-13H,3-10H2,1-2H3. The summed E-state index contributed by atoms with van der Waals surface area (Å²) >= 11 is 0. The van der Waals surface area contributed by atoms with E-state index in [0.29, 0.717) is 0 Å². The average molecular weight is 227 g/mol. The number of hydrogen-bond donors (Lipinski definition) is 0. The van der Waals surface area contributed by atoms with Crippen LogP contribution in [0.4, 0.5) is 0 Å². The van der Waals surface area contributed by atoms with Crippen LogP contribution >= 0.6 is 0 Å². The van der Waals surface area contributed by atoms with Crippen LogP contribution in [0.25, 0.3) is 0 Å². The molecular weight excluding hydrogens is 202 g/mol. The lowest BCUT2D eigenvalue weighted by atomic mass is 9.96. The Kier molecular flexibility index (Phi) is 4.62. The van der Waals surface area contributed by atoms with Crippen molar-refractivity contribution in [2.75, 3.05) is 27.3 Å². The highest BCUT2D eigenvalue weighted by Gasteiger charge is 2.34. The monoisotopic (exact) mass is 227 g/mol. The average Bonchev–Trinajstić information content (AvgIpc) is 2.95. The molecule has 94 valence electrons. The number of methoxy groups -OCH3 is 2. The molecule has 0 bridgehead atoms. The van der Waals surface area contributed by atoms with Crippen LogP contribution in [0.3, 0.4) is 0 Å². The second kappa shape index (κ2) is 5.99. The molecule has 0 N–H and O–H groups in total. The molecule has 1 atom stereocenters. The van der Waals surface area contributed by atoms with E-state index in [9.17, 15) is 0 Å². The molecule has 0 spiro atoms. The van der Waals surface area contributed by atoms with Crippen LogP contribution in [0.1, 0.15) is 38.5 Å². The van der Waals surface area contributed by atoms with Crippen LogP contribution in [0, 0.1) is 5.92 Å². The lowest BCUT2D eigenvalue weighted by molar-refractivity contribution is -0.119. The largest absolute Gasteiger partial charge is 0.355 e. The lowest BCUT2D eigenvalue weighted by Crippen LogP contribution is -2.40. The van der Waals surface area contributed by atoms with Gasteiger partial charge in [0.1, 0.15) is 0 Å². The second-order valence-corrected chi connectivity index (χ2v) is 5.15. The van der Waals surface area contributed by atoms with Crippen molar-refractivity contribution in [3.8, 4) is 0 Å². The van der Waals surface area contributed by atoms with Crippen molar-refractivity contribution >= 4 is 0 Å². The van der Waals surface area contributed by atoms with E-state index >= 15 is 0 Å². The van der Waals surface area contributed by atoms with E-state index in [2.05, 4.69) is 4.90 Å². The highest BCUT2D eigenvalue weighted by atomic mass is 16.7. The Hall–Kier alpha value is -0.120. The van der Waals surface area contributed by atoms with Gasteiger partial charge in [0.15, 0.2) is 6.29 Å². The minimum Gasteiger partial charge on any atom is -0.355 e. The predicted octanol–water partition coefficient (Wildman–Crippen LogP) is 2.26. The van der Waals surface area contributed by atoms with Crippen molar-refractivity contribution in [3.63, 3.8) is 0 Å². The van der Waals surface area contributed by atoms with Crippen LogP contribution in [0.15, 0.2) is 0 Å². The fraction of sp³-hybridized carbons (Fsp3) is 1.00. The predicted molar refractivity (Wildman–Crippen MR) is 64.4 cm³/mol. The Morgan fingerprint density at radius 1 is 1.06 bits per heavy atom. The SMILES string of the molecule is COC(CN1CCCC1C1CCCC1)OC. The molecule has 2 rings (SSSR count). The van der Waals surface area contributed by atoms with E-state index in [0.717, 1.165) is 18.5 Å². The number of nitrogens with zero attached hydrogens (tertiary/aromatic N) is 1. The molecule has 1 aliphatic heterocycles. The number of hydrogen-bond acceptors (Lipinski definition) is 3. The molecule has 0 amide bonds. The maximum absolute atomic E-state index is 5.31. The maximum Gasteiger partial charge on any atom is 0.169 e. The van der Waals surface area contributed by atoms with Gasteiger partial charge in [-0.25, -0.2) is 0 Å². The summed E-state index contributed by atoms with van der Waals surface area (Å²) in [6.07, 6.45) is 8.42. The number of ether oxygens (including phenoxy) is 2. The zero-order valence-corrected chi connectivity index (χ0v) is 10.7. The Bertz CT molecular complexity index is 200. The third-order valence-electron chi connectivity index (χ3n) is 4.27. The number of rotatable bonds is 5. The molecule has 0 radical (unpaired) electrons. The first kappa shape index (κ1) is 12.3. The smallest absolute Gasteiger partial charge is 0.169 e. The van der Waals surface area contributed by atoms with Gasteiger partial charge in [-0.05, 0) is 38.1 Å². The van der Waals surface area contributed by atoms with Crippen molar-refractivity contribution in [1.82, 2.24) is 4.90 Å². The highest BCUT2D eigenvalue weighted by Crippen LogP contribution is 2.35. The van der Waals surface area contributed by atoms with Crippen molar-refractivity contribution < 1.29 is 9.47 Å². The molecule has 1 saturated carbocycles. The van der Waals surface area contributed by atoms with Gasteiger partial charge in [-0.2, -0.15) is 0 Å². The molecule has 16 heavy (non-hydrogen) atoms. The summed E-state index contributed by atoms with van der Waals surface area (Å²) in [5.74, 6) is 0.942. The Balaban J connectivity index is 1.87. The summed E-state index contributed by atoms with van der Waals surface area (Å²) in [4.78, 5) is 2.59. The molecular formula is C13H25NO2. The Labute approximate surface area is 99.1 Å². The van der Waals surface area contributed by atoms with Crippen LogP contribution in [-0.2, 0) is 9.47 Å². The minimum atomic E-state index is -0.0537. The third kappa shape index (κ3) is 2.76. The van der Waals surface area contributed by atoms with Crippen molar-refractivity contribution in [1.29, 1.82) is 0 Å². The fourth-order valence-corrected chi connectivity index (χ4v) is 3.39. The van der Waals surface area contributed by atoms with E-state index in [4.69, 9.17) is 9.47 Å². The van der Waals surface area contributed by atoms with Gasteiger partial charge in [-0.15, -0.1) is 0 Å². The maximum atomic E-state index is 5.31. The van der Waals surface area contributed by atoms with E-state index in [1.807, 2.05) is 0 Å². The van der Waals surface area contributed by atoms with Gasteiger partial charge in [0.25, 0.3) is 0 Å². The molecule has 3 nitrogen and oxygen atoms in total. The van der Waals surface area contributed by atoms with Crippen LogP contribution in [0.2, 0.25) is 0 Å². The molecule has 1 unspecified atom stereocenters. The summed E-state index contributed by atoms with van der Waals surface area (Å²) in [5.41, 5.74) is 0. The van der Waals surface area contributed by atoms with E-state index in [-0.39, 0.29) is 6.29 Å². The summed E-state index contributed by atoms with van der Waals surface area (Å²) in [6, 6.07) is 0.801. The number of likely N-dealkylation sites (tertiary alicyclic amines) is 1. The fourth-order valence-electron chi connectivity index (χ4n) is 3.39. The van der Waals surface area contributed by atoms with E-state index in [1.54, 1.807) is 14.2 Å². The van der Waals surface area contributed by atoms with Gasteiger partial charge < -0.3 is 9.47 Å². The van der Waals surface area contributed by atoms with Gasteiger partial charge in [-0.3, -0.25) is 4.90 Å². The molecule has 0 aromatic heterocycles. The molecule has 1 heterocycles. The normalized spacial score (nSPS) is 28.3. The molecule has 3 heteroatoms. The molecule has 0 aromatic carbocycles. The quantitative estimate of drug-likeness (QED) is 0.672. The van der Waals surface area contributed by atoms with Crippen molar-refractivity contribution in [3.05, 3.63) is 0 Å². The molecule has 0 aromatic rings. The van der Waals surface area contributed by atoms with E-state index in [1.165, 1.54) is 45.1 Å². The van der Waals surface area contributed by atoms with Gasteiger partial charge in [0.05, 0.1) is 0 Å². The first-order valence-corrected chi connectivity index (χ1v) is 6.64. The van der Waals surface area contributed by atoms with Gasteiger partial charge in [-0.1, -0.05) is 12.8 Å².